The summed E-state index contributed by atoms with van der Waals surface area (Å²) in [4.78, 5) is 14.8. The molecule has 6 heteroatoms. The van der Waals surface area contributed by atoms with E-state index in [1.54, 1.807) is 6.33 Å². The maximum absolute atomic E-state index is 12.8. The first-order valence-corrected chi connectivity index (χ1v) is 9.13. The summed E-state index contributed by atoms with van der Waals surface area (Å²) < 4.78 is 1.95. The van der Waals surface area contributed by atoms with Crippen LogP contribution in [-0.4, -0.2) is 38.8 Å². The normalized spacial score (nSPS) is 18.8. The molecule has 0 radical (unpaired) electrons. The Morgan fingerprint density at radius 3 is 2.84 bits per heavy atom. The number of likely N-dealkylation sites (tertiary alicyclic amines) is 1. The highest BCUT2D eigenvalue weighted by Gasteiger charge is 2.28. The number of aromatic nitrogens is 3. The number of nitrogens with zero attached hydrogens (tertiary/aromatic N) is 4. The molecule has 0 aliphatic carbocycles. The molecule has 1 N–H and O–H groups in total. The molecule has 2 amide bonds. The number of urea groups is 1. The summed E-state index contributed by atoms with van der Waals surface area (Å²) in [7, 11) is 1.96. The Labute approximate surface area is 149 Å². The number of nitrogens with one attached hydrogen (secondary N) is 1. The number of benzene rings is 1. The van der Waals surface area contributed by atoms with Crippen molar-refractivity contribution < 1.29 is 4.79 Å². The molecule has 1 aromatic carbocycles. The third-order valence-corrected chi connectivity index (χ3v) is 4.90. The average Bonchev–Trinajstić information content (AvgIpc) is 3.08. The monoisotopic (exact) mass is 341 g/mol. The van der Waals surface area contributed by atoms with Crippen molar-refractivity contribution in [1.82, 2.24) is 25.0 Å². The number of hydrogen-bond acceptors (Lipinski definition) is 3. The van der Waals surface area contributed by atoms with Crippen molar-refractivity contribution in [3.63, 3.8) is 0 Å². The third kappa shape index (κ3) is 4.18. The SMILES string of the molecule is CCCC(NC(=O)N1CCCC(c2nncn2C)C1)c1ccccc1. The molecule has 134 valence electrons. The fraction of sp³-hybridized carbons (Fsp3) is 0.526. The van der Waals surface area contributed by atoms with Crippen LogP contribution in [0.4, 0.5) is 4.79 Å². The zero-order chi connectivity index (χ0) is 17.6. The van der Waals surface area contributed by atoms with E-state index in [1.165, 1.54) is 5.56 Å². The number of amides is 2. The predicted molar refractivity (Wildman–Crippen MR) is 97.2 cm³/mol. The van der Waals surface area contributed by atoms with Gasteiger partial charge < -0.3 is 14.8 Å². The molecule has 2 aromatic rings. The van der Waals surface area contributed by atoms with E-state index < -0.39 is 0 Å². The summed E-state index contributed by atoms with van der Waals surface area (Å²) in [6.07, 6.45) is 5.74. The Morgan fingerprint density at radius 1 is 1.36 bits per heavy atom. The Kier molecular flexibility index (Phi) is 5.68. The fourth-order valence-corrected chi connectivity index (χ4v) is 3.57. The molecule has 1 aromatic heterocycles. The topological polar surface area (TPSA) is 63.1 Å². The van der Waals surface area contributed by atoms with Gasteiger partial charge >= 0.3 is 6.03 Å². The smallest absolute Gasteiger partial charge is 0.317 e. The summed E-state index contributed by atoms with van der Waals surface area (Å²) in [5.74, 6) is 1.22. The third-order valence-electron chi connectivity index (χ3n) is 4.90. The summed E-state index contributed by atoms with van der Waals surface area (Å²) >= 11 is 0. The largest absolute Gasteiger partial charge is 0.331 e. The highest BCUT2D eigenvalue weighted by atomic mass is 16.2. The Morgan fingerprint density at radius 2 is 2.16 bits per heavy atom. The Bertz CT molecular complexity index is 684. The number of piperidine rings is 1. The highest BCUT2D eigenvalue weighted by molar-refractivity contribution is 5.75. The minimum atomic E-state index is 0.0224. The van der Waals surface area contributed by atoms with Gasteiger partial charge in [-0.2, -0.15) is 0 Å². The molecular formula is C19H27N5O. The molecule has 3 rings (SSSR count). The highest BCUT2D eigenvalue weighted by Crippen LogP contribution is 2.26. The van der Waals surface area contributed by atoms with Crippen molar-refractivity contribution in [3.8, 4) is 0 Å². The van der Waals surface area contributed by atoms with Gasteiger partial charge in [-0.25, -0.2) is 4.79 Å². The molecule has 1 saturated heterocycles. The van der Waals surface area contributed by atoms with E-state index in [2.05, 4.69) is 34.6 Å². The maximum Gasteiger partial charge on any atom is 0.317 e. The minimum Gasteiger partial charge on any atom is -0.331 e. The zero-order valence-corrected chi connectivity index (χ0v) is 15.1. The van der Waals surface area contributed by atoms with Gasteiger partial charge in [-0.15, -0.1) is 10.2 Å². The first-order chi connectivity index (χ1) is 12.2. The van der Waals surface area contributed by atoms with Crippen LogP contribution in [0.25, 0.3) is 0 Å². The van der Waals surface area contributed by atoms with Crippen LogP contribution < -0.4 is 5.32 Å². The minimum absolute atomic E-state index is 0.0224. The van der Waals surface area contributed by atoms with Crippen LogP contribution in [0.2, 0.25) is 0 Å². The van der Waals surface area contributed by atoms with Gasteiger partial charge in [0.25, 0.3) is 0 Å². The van der Waals surface area contributed by atoms with Crippen LogP contribution in [0.3, 0.4) is 0 Å². The molecule has 0 bridgehead atoms. The molecule has 6 nitrogen and oxygen atoms in total. The van der Waals surface area contributed by atoms with Gasteiger partial charge in [0.2, 0.25) is 0 Å². The first-order valence-electron chi connectivity index (χ1n) is 9.13. The molecule has 1 aliphatic heterocycles. The van der Waals surface area contributed by atoms with Crippen LogP contribution in [0.1, 0.15) is 56.0 Å². The lowest BCUT2D eigenvalue weighted by atomic mass is 9.97. The summed E-state index contributed by atoms with van der Waals surface area (Å²) in [5, 5.41) is 11.4. The van der Waals surface area contributed by atoms with Crippen molar-refractivity contribution in [1.29, 1.82) is 0 Å². The van der Waals surface area contributed by atoms with E-state index in [4.69, 9.17) is 0 Å². The lowest BCUT2D eigenvalue weighted by molar-refractivity contribution is 0.173. The second-order valence-electron chi connectivity index (χ2n) is 6.79. The number of rotatable bonds is 5. The molecule has 2 heterocycles. The summed E-state index contributed by atoms with van der Waals surface area (Å²) in [6.45, 7) is 3.65. The van der Waals surface area contributed by atoms with Gasteiger partial charge in [-0.1, -0.05) is 43.7 Å². The van der Waals surface area contributed by atoms with Crippen LogP contribution in [-0.2, 0) is 7.05 Å². The molecule has 2 atom stereocenters. The van der Waals surface area contributed by atoms with Gasteiger partial charge in [-0.05, 0) is 24.8 Å². The molecule has 2 unspecified atom stereocenters. The average molecular weight is 341 g/mol. The van der Waals surface area contributed by atoms with Crippen LogP contribution in [0, 0.1) is 0 Å². The lowest BCUT2D eigenvalue weighted by Gasteiger charge is -2.33. The quantitative estimate of drug-likeness (QED) is 0.908. The maximum atomic E-state index is 12.8. The van der Waals surface area contributed by atoms with Crippen LogP contribution in [0.15, 0.2) is 36.7 Å². The van der Waals surface area contributed by atoms with Gasteiger partial charge in [0, 0.05) is 26.1 Å². The van der Waals surface area contributed by atoms with Gasteiger partial charge in [-0.3, -0.25) is 0 Å². The van der Waals surface area contributed by atoms with E-state index >= 15 is 0 Å². The van der Waals surface area contributed by atoms with Gasteiger partial charge in [0.05, 0.1) is 6.04 Å². The van der Waals surface area contributed by atoms with E-state index in [9.17, 15) is 4.79 Å². The number of carbonyl (C=O) groups excluding carboxylic acids is 1. The zero-order valence-electron chi connectivity index (χ0n) is 15.1. The predicted octanol–water partition coefficient (Wildman–Crippen LogP) is 3.25. The number of carbonyl (C=O) groups is 1. The molecule has 1 aliphatic rings. The second-order valence-corrected chi connectivity index (χ2v) is 6.79. The number of hydrogen-bond donors (Lipinski definition) is 1. The lowest BCUT2D eigenvalue weighted by Crippen LogP contribution is -2.46. The molecule has 1 fully saturated rings. The van der Waals surface area contributed by atoms with Crippen molar-refractivity contribution in [3.05, 3.63) is 48.0 Å². The summed E-state index contributed by atoms with van der Waals surface area (Å²) in [5.41, 5.74) is 1.17. The van der Waals surface area contributed by atoms with Gasteiger partial charge in [0.1, 0.15) is 12.2 Å². The van der Waals surface area contributed by atoms with E-state index in [0.717, 1.165) is 38.1 Å². The molecular weight excluding hydrogens is 314 g/mol. The molecule has 25 heavy (non-hydrogen) atoms. The second kappa shape index (κ2) is 8.14. The van der Waals surface area contributed by atoms with Crippen molar-refractivity contribution in [2.45, 2.75) is 44.6 Å². The summed E-state index contributed by atoms with van der Waals surface area (Å²) in [6, 6.07) is 10.3. The fourth-order valence-electron chi connectivity index (χ4n) is 3.57. The number of aryl methyl sites for hydroxylation is 1. The van der Waals surface area contributed by atoms with Crippen LogP contribution >= 0.6 is 0 Å². The van der Waals surface area contributed by atoms with Crippen molar-refractivity contribution >= 4 is 6.03 Å². The van der Waals surface area contributed by atoms with Crippen LogP contribution in [0.5, 0.6) is 0 Å². The standard InChI is InChI=1S/C19H27N5O/c1-3-8-17(15-9-5-4-6-10-15)21-19(25)24-12-7-11-16(13-24)18-22-20-14-23(18)2/h4-6,9-10,14,16-17H,3,7-8,11-13H2,1-2H3,(H,21,25). The molecule has 0 saturated carbocycles. The van der Waals surface area contributed by atoms with E-state index in [1.807, 2.05) is 34.7 Å². The van der Waals surface area contributed by atoms with E-state index in [0.29, 0.717) is 6.54 Å². The Balaban J connectivity index is 1.66. The Hall–Kier alpha value is -2.37. The van der Waals surface area contributed by atoms with Gasteiger partial charge in [0.15, 0.2) is 0 Å². The van der Waals surface area contributed by atoms with E-state index in [-0.39, 0.29) is 18.0 Å². The first kappa shape index (κ1) is 17.5. The van der Waals surface area contributed by atoms with Crippen molar-refractivity contribution in [2.24, 2.45) is 7.05 Å². The van der Waals surface area contributed by atoms with Crippen molar-refractivity contribution in [2.75, 3.05) is 13.1 Å². The molecule has 0 spiro atoms.